The first kappa shape index (κ1) is 13.0. The summed E-state index contributed by atoms with van der Waals surface area (Å²) in [7, 11) is 5.56. The van der Waals surface area contributed by atoms with Crippen molar-refractivity contribution in [1.82, 2.24) is 9.97 Å². The van der Waals surface area contributed by atoms with Crippen LogP contribution in [0.25, 0.3) is 11.0 Å². The second-order valence-corrected chi connectivity index (χ2v) is 4.87. The minimum absolute atomic E-state index is 0.656. The molecule has 1 aromatic heterocycles. The van der Waals surface area contributed by atoms with Gasteiger partial charge < -0.3 is 0 Å². The zero-order chi connectivity index (χ0) is 12.3. The number of rotatable bonds is 4. The zero-order valence-electron chi connectivity index (χ0n) is 9.29. The van der Waals surface area contributed by atoms with Crippen molar-refractivity contribution in [2.24, 2.45) is 0 Å². The number of aromatic nitrogens is 2. The lowest BCUT2D eigenvalue weighted by Crippen LogP contribution is -1.99. The molecular formula is C12H11BBr2N2. The van der Waals surface area contributed by atoms with Crippen LogP contribution in [-0.2, 0) is 17.1 Å². The molecule has 0 aliphatic carbocycles. The molecule has 0 saturated carbocycles. The number of aryl methyl sites for hydroxylation is 1. The fraction of sp³-hybridized carbons (Fsp3) is 0.333. The van der Waals surface area contributed by atoms with Gasteiger partial charge in [0, 0.05) is 10.7 Å². The predicted octanol–water partition coefficient (Wildman–Crippen LogP) is 3.55. The number of benzene rings is 1. The smallest absolute Gasteiger partial charge is 0.0893 e. The summed E-state index contributed by atoms with van der Waals surface area (Å²) in [6, 6.07) is 6.15. The van der Waals surface area contributed by atoms with Crippen LogP contribution >= 0.6 is 31.9 Å². The van der Waals surface area contributed by atoms with Crippen LogP contribution in [0.5, 0.6) is 0 Å². The molecule has 0 N–H and O–H groups in total. The Morgan fingerprint density at radius 2 is 1.65 bits per heavy atom. The third-order valence-corrected chi connectivity index (χ3v) is 3.63. The molecule has 0 saturated heterocycles. The maximum absolute atomic E-state index is 5.56. The number of fused-ring (bicyclic) bond motifs is 1. The molecule has 1 aromatic carbocycles. The first-order valence-electron chi connectivity index (χ1n) is 5.39. The maximum atomic E-state index is 5.56. The van der Waals surface area contributed by atoms with E-state index >= 15 is 0 Å². The van der Waals surface area contributed by atoms with E-state index in [4.69, 9.17) is 7.85 Å². The van der Waals surface area contributed by atoms with Crippen LogP contribution in [-0.4, -0.2) is 17.8 Å². The largest absolute Gasteiger partial charge is 0.248 e. The minimum atomic E-state index is 0.656. The lowest BCUT2D eigenvalue weighted by atomic mass is 9.97. The van der Waals surface area contributed by atoms with Gasteiger partial charge in [-0.25, -0.2) is 9.97 Å². The fourth-order valence-electron chi connectivity index (χ4n) is 1.71. The van der Waals surface area contributed by atoms with Gasteiger partial charge in [-0.3, -0.25) is 0 Å². The molecule has 5 heteroatoms. The van der Waals surface area contributed by atoms with Crippen molar-refractivity contribution in [3.05, 3.63) is 35.2 Å². The van der Waals surface area contributed by atoms with E-state index in [0.717, 1.165) is 39.5 Å². The summed E-state index contributed by atoms with van der Waals surface area (Å²) >= 11 is 6.88. The van der Waals surface area contributed by atoms with Crippen molar-refractivity contribution in [3.8, 4) is 0 Å². The minimum Gasteiger partial charge on any atom is -0.248 e. The van der Waals surface area contributed by atoms with Gasteiger partial charge >= 0.3 is 0 Å². The Balaban J connectivity index is 2.54. The van der Waals surface area contributed by atoms with Gasteiger partial charge in [0.25, 0.3) is 0 Å². The molecule has 0 atom stereocenters. The highest BCUT2D eigenvalue weighted by molar-refractivity contribution is 9.09. The predicted molar refractivity (Wildman–Crippen MR) is 79.1 cm³/mol. The Kier molecular flexibility index (Phi) is 4.57. The second kappa shape index (κ2) is 5.96. The van der Waals surface area contributed by atoms with E-state index in [9.17, 15) is 0 Å². The van der Waals surface area contributed by atoms with Gasteiger partial charge in [-0.1, -0.05) is 44.2 Å². The molecule has 2 radical (unpaired) electrons. The number of hydrogen-bond acceptors (Lipinski definition) is 2. The molecule has 0 fully saturated rings. The van der Waals surface area contributed by atoms with Crippen molar-refractivity contribution in [3.63, 3.8) is 0 Å². The van der Waals surface area contributed by atoms with Crippen molar-refractivity contribution in [1.29, 1.82) is 0 Å². The third kappa shape index (κ3) is 2.88. The quantitative estimate of drug-likeness (QED) is 0.620. The topological polar surface area (TPSA) is 25.8 Å². The van der Waals surface area contributed by atoms with Crippen LogP contribution in [0.15, 0.2) is 18.2 Å². The molecule has 2 aromatic rings. The maximum Gasteiger partial charge on any atom is 0.0893 e. The lowest BCUT2D eigenvalue weighted by molar-refractivity contribution is 1.07. The summed E-state index contributed by atoms with van der Waals surface area (Å²) in [5.74, 6) is 0. The highest BCUT2D eigenvalue weighted by Crippen LogP contribution is 2.19. The van der Waals surface area contributed by atoms with Crippen LogP contribution in [0.4, 0.5) is 0 Å². The third-order valence-electron chi connectivity index (χ3n) is 2.57. The standard InChI is InChI=1S/C12H11BBr2N2/c13-4-3-8-1-2-9-10(5-8)17-12(7-15)11(6-14)16-9/h1-2,5H,3-4,6-7H2. The van der Waals surface area contributed by atoms with Crippen LogP contribution < -0.4 is 0 Å². The van der Waals surface area contributed by atoms with E-state index in [0.29, 0.717) is 6.32 Å². The molecule has 0 bridgehead atoms. The molecule has 2 rings (SSSR count). The van der Waals surface area contributed by atoms with Crippen molar-refractivity contribution >= 4 is 50.7 Å². The number of alkyl halides is 2. The Hall–Kier alpha value is -0.415. The van der Waals surface area contributed by atoms with Crippen LogP contribution in [0.2, 0.25) is 6.32 Å². The molecule has 86 valence electrons. The van der Waals surface area contributed by atoms with Gasteiger partial charge in [0.15, 0.2) is 0 Å². The molecule has 0 spiro atoms. The van der Waals surface area contributed by atoms with E-state index < -0.39 is 0 Å². The fourth-order valence-corrected chi connectivity index (χ4v) is 2.61. The second-order valence-electron chi connectivity index (χ2n) is 3.75. The first-order valence-corrected chi connectivity index (χ1v) is 7.63. The van der Waals surface area contributed by atoms with E-state index in [1.165, 1.54) is 5.56 Å². The van der Waals surface area contributed by atoms with E-state index in [-0.39, 0.29) is 0 Å². The molecular weight excluding hydrogens is 343 g/mol. The normalized spacial score (nSPS) is 10.9. The van der Waals surface area contributed by atoms with Gasteiger partial charge in [0.05, 0.1) is 30.3 Å². The summed E-state index contributed by atoms with van der Waals surface area (Å²) in [6.45, 7) is 0. The number of nitrogens with zero attached hydrogens (tertiary/aromatic N) is 2. The average Bonchev–Trinajstić information content (AvgIpc) is 2.37. The summed E-state index contributed by atoms with van der Waals surface area (Å²) in [5, 5.41) is 1.44. The van der Waals surface area contributed by atoms with Crippen LogP contribution in [0.1, 0.15) is 17.0 Å². The number of halogens is 2. The van der Waals surface area contributed by atoms with Crippen molar-refractivity contribution in [2.75, 3.05) is 0 Å². The highest BCUT2D eigenvalue weighted by atomic mass is 79.9. The molecule has 0 aliphatic heterocycles. The Morgan fingerprint density at radius 1 is 1.00 bits per heavy atom. The zero-order valence-corrected chi connectivity index (χ0v) is 12.5. The Labute approximate surface area is 119 Å². The van der Waals surface area contributed by atoms with Gasteiger partial charge in [-0.15, -0.1) is 0 Å². The molecule has 2 nitrogen and oxygen atoms in total. The van der Waals surface area contributed by atoms with E-state index in [1.807, 2.05) is 6.07 Å². The number of hydrogen-bond donors (Lipinski definition) is 0. The van der Waals surface area contributed by atoms with Crippen molar-refractivity contribution in [2.45, 2.75) is 23.4 Å². The van der Waals surface area contributed by atoms with Gasteiger partial charge in [-0.2, -0.15) is 0 Å². The molecule has 0 amide bonds. The lowest BCUT2D eigenvalue weighted by Gasteiger charge is -2.06. The van der Waals surface area contributed by atoms with Crippen LogP contribution in [0.3, 0.4) is 0 Å². The Bertz CT molecular complexity index is 531. The summed E-state index contributed by atoms with van der Waals surface area (Å²) in [5.41, 5.74) is 5.06. The van der Waals surface area contributed by atoms with Gasteiger partial charge in [-0.05, 0) is 24.1 Å². The van der Waals surface area contributed by atoms with E-state index in [2.05, 4.69) is 54.0 Å². The van der Waals surface area contributed by atoms with Crippen molar-refractivity contribution < 1.29 is 0 Å². The van der Waals surface area contributed by atoms with E-state index in [1.54, 1.807) is 0 Å². The molecule has 1 heterocycles. The molecule has 17 heavy (non-hydrogen) atoms. The summed E-state index contributed by atoms with van der Waals surface area (Å²) in [4.78, 5) is 9.22. The average molecular weight is 354 g/mol. The summed E-state index contributed by atoms with van der Waals surface area (Å²) in [6.07, 6.45) is 1.53. The molecule has 0 unspecified atom stereocenters. The summed E-state index contributed by atoms with van der Waals surface area (Å²) < 4.78 is 0. The highest BCUT2D eigenvalue weighted by Gasteiger charge is 2.07. The molecule has 0 aliphatic rings. The first-order chi connectivity index (χ1) is 8.28. The SMILES string of the molecule is [B]CCc1ccc2nc(CBr)c(CBr)nc2c1. The monoisotopic (exact) mass is 352 g/mol. The van der Waals surface area contributed by atoms with Crippen LogP contribution in [0, 0.1) is 0 Å². The Morgan fingerprint density at radius 3 is 2.24 bits per heavy atom. The van der Waals surface area contributed by atoms with Gasteiger partial charge in [0.2, 0.25) is 0 Å². The van der Waals surface area contributed by atoms with Gasteiger partial charge in [0.1, 0.15) is 0 Å².